The van der Waals surface area contributed by atoms with E-state index in [-0.39, 0.29) is 6.61 Å². The maximum atomic E-state index is 5.98. The lowest BCUT2D eigenvalue weighted by Crippen LogP contribution is -2.31. The third-order valence-corrected chi connectivity index (χ3v) is 18.9. The molecule has 1 unspecified atom stereocenters. The van der Waals surface area contributed by atoms with Crippen LogP contribution in [-0.2, 0) is 147 Å². The molecule has 0 rings (SSSR count). The van der Waals surface area contributed by atoms with E-state index in [1.165, 1.54) is 167 Å². The maximum Gasteiger partial charge on any atom is 0.129 e. The fourth-order valence-electron chi connectivity index (χ4n) is 11.7. The Labute approximate surface area is 776 Å². The van der Waals surface area contributed by atoms with Crippen molar-refractivity contribution in [1.82, 2.24) is 0 Å². The highest BCUT2D eigenvalue weighted by molar-refractivity contribution is 4.82. The lowest BCUT2D eigenvalue weighted by Gasteiger charge is -2.14. The van der Waals surface area contributed by atoms with Gasteiger partial charge < -0.3 is 153 Å². The highest BCUT2D eigenvalue weighted by Crippen LogP contribution is 2.13. The molecular formula is C96H191NO31. The molecule has 0 aliphatic carbocycles. The van der Waals surface area contributed by atoms with E-state index in [1.54, 1.807) is 0 Å². The molecule has 0 aliphatic rings. The first-order chi connectivity index (χ1) is 63.8. The van der Waals surface area contributed by atoms with E-state index in [0.29, 0.717) is 383 Å². The third kappa shape index (κ3) is 122. The Balaban J connectivity index is 3.14. The van der Waals surface area contributed by atoms with Crippen molar-refractivity contribution in [2.75, 3.05) is 403 Å². The van der Waals surface area contributed by atoms with E-state index in [9.17, 15) is 0 Å². The molecule has 32 nitrogen and oxygen atoms in total. The Morgan fingerprint density at radius 2 is 0.250 bits per heavy atom. The van der Waals surface area contributed by atoms with E-state index < -0.39 is 6.23 Å². The molecule has 0 radical (unpaired) electrons. The Kier molecular flexibility index (Phi) is 121. The quantitative estimate of drug-likeness (QED) is 0.0336. The maximum absolute atomic E-state index is 5.98. The van der Waals surface area contributed by atoms with Crippen molar-refractivity contribution in [2.24, 2.45) is 5.73 Å². The molecule has 1 atom stereocenters. The second-order valence-corrected chi connectivity index (χ2v) is 30.1. The van der Waals surface area contributed by atoms with Crippen LogP contribution < -0.4 is 5.73 Å². The van der Waals surface area contributed by atoms with Crippen LogP contribution in [0.1, 0.15) is 194 Å². The average molecular weight is 1860 g/mol. The monoisotopic (exact) mass is 1850 g/mol. The van der Waals surface area contributed by atoms with Gasteiger partial charge in [0.1, 0.15) is 6.23 Å². The zero-order chi connectivity index (χ0) is 91.3. The number of allylic oxidation sites excluding steroid dienone is 4. The predicted octanol–water partition coefficient (Wildman–Crippen LogP) is 12.9. The van der Waals surface area contributed by atoms with Gasteiger partial charge in [-0.05, 0) is 64.2 Å². The van der Waals surface area contributed by atoms with Crippen molar-refractivity contribution in [1.29, 1.82) is 0 Å². The highest BCUT2D eigenvalue weighted by Gasteiger charge is 2.07. The molecule has 0 fully saturated rings. The molecule has 0 aliphatic heterocycles. The Morgan fingerprint density at radius 3 is 0.406 bits per heavy atom. The van der Waals surface area contributed by atoms with Gasteiger partial charge in [-0.3, -0.25) is 0 Å². The van der Waals surface area contributed by atoms with E-state index in [4.69, 9.17) is 153 Å². The summed E-state index contributed by atoms with van der Waals surface area (Å²) in [6, 6.07) is 0. The summed E-state index contributed by atoms with van der Waals surface area (Å²) in [5.74, 6) is 0. The van der Waals surface area contributed by atoms with Crippen molar-refractivity contribution in [3.63, 3.8) is 0 Å². The Bertz CT molecular complexity index is 1980. The first-order valence-electron chi connectivity index (χ1n) is 49.8. The Hall–Kier alpha value is -1.80. The molecule has 766 valence electrons. The van der Waals surface area contributed by atoms with Gasteiger partial charge in [0.15, 0.2) is 0 Å². The summed E-state index contributed by atoms with van der Waals surface area (Å²) >= 11 is 0. The van der Waals surface area contributed by atoms with Crippen molar-refractivity contribution in [3.8, 4) is 0 Å². The van der Waals surface area contributed by atoms with Crippen LogP contribution in [0.4, 0.5) is 0 Å². The van der Waals surface area contributed by atoms with E-state index in [0.717, 1.165) is 26.1 Å². The minimum absolute atomic E-state index is 0.253. The van der Waals surface area contributed by atoms with Crippen molar-refractivity contribution < 1.29 is 147 Å². The topological polar surface area (TPSA) is 312 Å². The fraction of sp³-hybridized carbons (Fsp3) is 0.958. The number of unbranched alkanes of at least 4 members (excludes halogenated alkanes) is 24. The van der Waals surface area contributed by atoms with Crippen LogP contribution in [0.5, 0.6) is 0 Å². The zero-order valence-electron chi connectivity index (χ0n) is 81.1. The van der Waals surface area contributed by atoms with Crippen molar-refractivity contribution >= 4 is 0 Å². The Morgan fingerprint density at radius 1 is 0.133 bits per heavy atom. The van der Waals surface area contributed by atoms with Gasteiger partial charge >= 0.3 is 0 Å². The summed E-state index contributed by atoms with van der Waals surface area (Å²) in [7, 11) is 0. The molecule has 0 aromatic rings. The lowest BCUT2D eigenvalue weighted by atomic mass is 10.1. The van der Waals surface area contributed by atoms with Gasteiger partial charge in [0.25, 0.3) is 0 Å². The molecular weight excluding hydrogens is 1660 g/mol. The SMILES string of the molecule is CCCCCCCC/C=C\CCCCCCCCOCCOCCOCCOCCOCCOCCOCCOCCOCCOCCOCCOCCOCCOCCOCCOCCOCCOCCOCCOCCOCCOCCOC(N)COCCOCCOCCOCCOCCOCCOCCOCCCCCCCC/C=C\CCCCCCCC. The zero-order valence-corrected chi connectivity index (χ0v) is 81.1. The van der Waals surface area contributed by atoms with Gasteiger partial charge in [-0.25, -0.2) is 0 Å². The van der Waals surface area contributed by atoms with Crippen LogP contribution >= 0.6 is 0 Å². The number of hydrogen-bond donors (Lipinski definition) is 1. The molecule has 0 amide bonds. The van der Waals surface area contributed by atoms with Crippen LogP contribution in [0.2, 0.25) is 0 Å². The third-order valence-electron chi connectivity index (χ3n) is 18.9. The summed E-state index contributed by atoms with van der Waals surface area (Å²) in [5, 5.41) is 0. The molecule has 0 aromatic carbocycles. The molecule has 128 heavy (non-hydrogen) atoms. The molecule has 0 aromatic heterocycles. The summed E-state index contributed by atoms with van der Waals surface area (Å²) in [5.41, 5.74) is 5.98. The smallest absolute Gasteiger partial charge is 0.129 e. The number of rotatable bonds is 122. The largest absolute Gasteiger partial charge is 0.379 e. The normalized spacial score (nSPS) is 12.2. The molecule has 0 heterocycles. The number of nitrogens with two attached hydrogens (primary N) is 1. The van der Waals surface area contributed by atoms with Crippen molar-refractivity contribution in [2.45, 2.75) is 200 Å². The lowest BCUT2D eigenvalue weighted by molar-refractivity contribution is -0.0544. The van der Waals surface area contributed by atoms with Crippen molar-refractivity contribution in [3.05, 3.63) is 24.3 Å². The van der Waals surface area contributed by atoms with Crippen LogP contribution in [-0.4, -0.2) is 409 Å². The van der Waals surface area contributed by atoms with E-state index >= 15 is 0 Å². The highest BCUT2D eigenvalue weighted by atomic mass is 16.6. The second kappa shape index (κ2) is 123. The fourth-order valence-corrected chi connectivity index (χ4v) is 11.7. The minimum Gasteiger partial charge on any atom is -0.379 e. The average Bonchev–Trinajstić information content (AvgIpc) is 1.04. The molecule has 2 N–H and O–H groups in total. The number of ether oxygens (including phenoxy) is 31. The van der Waals surface area contributed by atoms with Gasteiger partial charge in [0.05, 0.1) is 390 Å². The standard InChI is InChI=1S/C96H191NO31/c1-3-5-7-9-11-13-15-17-19-21-23-25-27-29-31-33-35-98-37-39-100-41-43-102-45-47-104-49-50-106-51-52-107-53-54-108-55-56-109-57-58-110-59-60-111-61-62-112-63-64-113-65-66-114-67-68-115-69-70-116-71-72-117-73-74-118-75-76-119-77-78-120-81-82-122-85-86-124-89-90-126-93-94-128-96(97)95-127-92-91-125-88-87-123-84-83-121-80-79-105-48-46-103-44-42-101-40-38-99-36-34-32-30-28-26-24-22-20-18-16-14-12-10-8-6-4-2/h17-20,96H,3-16,21-95,97H2,1-2H3/b19-17-,20-18-. The van der Waals surface area contributed by atoms with Gasteiger partial charge in [0.2, 0.25) is 0 Å². The summed E-state index contributed by atoms with van der Waals surface area (Å²) < 4.78 is 173. The first-order valence-corrected chi connectivity index (χ1v) is 49.8. The molecule has 0 saturated heterocycles. The van der Waals surface area contributed by atoms with Gasteiger partial charge in [-0.1, -0.05) is 154 Å². The minimum atomic E-state index is -0.555. The van der Waals surface area contributed by atoms with Crippen LogP contribution in [0.3, 0.4) is 0 Å². The van der Waals surface area contributed by atoms with E-state index in [1.807, 2.05) is 0 Å². The molecule has 0 bridgehead atoms. The van der Waals surface area contributed by atoms with Crippen LogP contribution in [0, 0.1) is 0 Å². The molecule has 0 saturated carbocycles. The summed E-state index contributed by atoms with van der Waals surface area (Å²) in [6.45, 7) is 34.9. The second-order valence-electron chi connectivity index (χ2n) is 30.1. The van der Waals surface area contributed by atoms with Gasteiger partial charge in [-0.15, -0.1) is 0 Å². The van der Waals surface area contributed by atoms with Crippen LogP contribution in [0.15, 0.2) is 24.3 Å². The summed E-state index contributed by atoms with van der Waals surface area (Å²) in [4.78, 5) is 0. The first kappa shape index (κ1) is 126. The molecule has 0 spiro atoms. The number of hydrogen-bond acceptors (Lipinski definition) is 32. The van der Waals surface area contributed by atoms with Gasteiger partial charge in [-0.2, -0.15) is 0 Å². The summed E-state index contributed by atoms with van der Waals surface area (Å²) in [6.07, 6.45) is 45.8. The predicted molar refractivity (Wildman–Crippen MR) is 497 cm³/mol. The van der Waals surface area contributed by atoms with Crippen LogP contribution in [0.25, 0.3) is 0 Å². The van der Waals surface area contributed by atoms with Gasteiger partial charge in [0, 0.05) is 13.2 Å². The van der Waals surface area contributed by atoms with E-state index in [2.05, 4.69) is 38.2 Å². The molecule has 32 heteroatoms.